The van der Waals surface area contributed by atoms with Crippen molar-refractivity contribution in [2.24, 2.45) is 7.05 Å². The first-order chi connectivity index (χ1) is 7.68. The zero-order chi connectivity index (χ0) is 11.5. The van der Waals surface area contributed by atoms with Crippen LogP contribution in [-0.2, 0) is 13.5 Å². The fourth-order valence-corrected chi connectivity index (χ4v) is 2.30. The maximum atomic E-state index is 11.9. The molecule has 0 aliphatic carbocycles. The van der Waals surface area contributed by atoms with Crippen molar-refractivity contribution in [2.75, 3.05) is 0 Å². The molecule has 0 saturated heterocycles. The van der Waals surface area contributed by atoms with Crippen LogP contribution in [0.25, 0.3) is 0 Å². The first-order valence-corrected chi connectivity index (χ1v) is 6.15. The van der Waals surface area contributed by atoms with Gasteiger partial charge < -0.3 is 0 Å². The summed E-state index contributed by atoms with van der Waals surface area (Å²) in [6.45, 7) is 1.92. The number of thiophene rings is 1. The second-order valence-corrected chi connectivity index (χ2v) is 4.60. The summed E-state index contributed by atoms with van der Waals surface area (Å²) in [4.78, 5) is 11.9. The summed E-state index contributed by atoms with van der Waals surface area (Å²) in [5, 5.41) is 8.20. The van der Waals surface area contributed by atoms with E-state index < -0.39 is 0 Å². The van der Waals surface area contributed by atoms with E-state index in [0.29, 0.717) is 6.42 Å². The number of rotatable bonds is 4. The SMILES string of the molecule is Cc1c(C(=O)CCc2ccsc2)cnn1C. The third kappa shape index (κ3) is 2.22. The first kappa shape index (κ1) is 11.1. The normalized spacial score (nSPS) is 10.6. The molecule has 3 nitrogen and oxygen atoms in total. The number of ketones is 1. The molecule has 0 radical (unpaired) electrons. The molecule has 2 aromatic rings. The molecule has 0 aliphatic rings. The Morgan fingerprint density at radius 3 is 2.94 bits per heavy atom. The van der Waals surface area contributed by atoms with Crippen LogP contribution in [0.15, 0.2) is 23.0 Å². The van der Waals surface area contributed by atoms with Gasteiger partial charge in [-0.15, -0.1) is 0 Å². The average molecular weight is 234 g/mol. The van der Waals surface area contributed by atoms with Crippen molar-refractivity contribution in [3.05, 3.63) is 39.8 Å². The van der Waals surface area contributed by atoms with Crippen LogP contribution in [0.3, 0.4) is 0 Å². The highest BCUT2D eigenvalue weighted by molar-refractivity contribution is 7.07. The Hall–Kier alpha value is -1.42. The Labute approximate surface area is 98.7 Å². The smallest absolute Gasteiger partial charge is 0.166 e. The monoisotopic (exact) mass is 234 g/mol. The highest BCUT2D eigenvalue weighted by Gasteiger charge is 2.12. The number of aryl methyl sites for hydroxylation is 2. The van der Waals surface area contributed by atoms with Crippen molar-refractivity contribution in [1.29, 1.82) is 0 Å². The maximum Gasteiger partial charge on any atom is 0.166 e. The zero-order valence-corrected chi connectivity index (χ0v) is 10.3. The molecule has 0 N–H and O–H groups in total. The number of Topliss-reactive ketones (excluding diaryl/α,β-unsaturated/α-hetero) is 1. The molecular formula is C12H14N2OS. The van der Waals surface area contributed by atoms with E-state index in [4.69, 9.17) is 0 Å². The Bertz CT molecular complexity index is 485. The van der Waals surface area contributed by atoms with E-state index >= 15 is 0 Å². The molecule has 0 unspecified atom stereocenters. The quantitative estimate of drug-likeness (QED) is 0.762. The van der Waals surface area contributed by atoms with Crippen molar-refractivity contribution in [2.45, 2.75) is 19.8 Å². The van der Waals surface area contributed by atoms with Crippen molar-refractivity contribution < 1.29 is 4.79 Å². The molecule has 0 fully saturated rings. The number of carbonyl (C=O) groups is 1. The van der Waals surface area contributed by atoms with Gasteiger partial charge in [0.1, 0.15) is 0 Å². The van der Waals surface area contributed by atoms with Gasteiger partial charge in [0.15, 0.2) is 5.78 Å². The third-order valence-electron chi connectivity index (χ3n) is 2.76. The van der Waals surface area contributed by atoms with Crippen molar-refractivity contribution in [1.82, 2.24) is 9.78 Å². The predicted octanol–water partition coefficient (Wildman–Crippen LogP) is 2.61. The van der Waals surface area contributed by atoms with E-state index in [2.05, 4.69) is 16.5 Å². The van der Waals surface area contributed by atoms with Gasteiger partial charge in [0.05, 0.1) is 11.8 Å². The van der Waals surface area contributed by atoms with Crippen LogP contribution < -0.4 is 0 Å². The number of hydrogen-bond acceptors (Lipinski definition) is 3. The molecule has 0 saturated carbocycles. The Balaban J connectivity index is 2.01. The van der Waals surface area contributed by atoms with Gasteiger partial charge in [-0.1, -0.05) is 0 Å². The van der Waals surface area contributed by atoms with Gasteiger partial charge in [-0.3, -0.25) is 9.48 Å². The van der Waals surface area contributed by atoms with Gasteiger partial charge in [0.2, 0.25) is 0 Å². The standard InChI is InChI=1S/C12H14N2OS/c1-9-11(7-13-14(9)2)12(15)4-3-10-5-6-16-8-10/h5-8H,3-4H2,1-2H3. The first-order valence-electron chi connectivity index (χ1n) is 5.21. The summed E-state index contributed by atoms with van der Waals surface area (Å²) >= 11 is 1.67. The van der Waals surface area contributed by atoms with Crippen LogP contribution in [0, 0.1) is 6.92 Å². The largest absolute Gasteiger partial charge is 0.294 e. The molecule has 0 atom stereocenters. The summed E-state index contributed by atoms with van der Waals surface area (Å²) in [5.41, 5.74) is 2.92. The molecule has 16 heavy (non-hydrogen) atoms. The summed E-state index contributed by atoms with van der Waals surface area (Å²) in [5.74, 6) is 0.178. The third-order valence-corrected chi connectivity index (χ3v) is 3.49. The van der Waals surface area contributed by atoms with Gasteiger partial charge in [-0.05, 0) is 35.7 Å². The lowest BCUT2D eigenvalue weighted by molar-refractivity contribution is 0.0982. The van der Waals surface area contributed by atoms with E-state index in [1.165, 1.54) is 5.56 Å². The molecule has 2 aromatic heterocycles. The van der Waals surface area contributed by atoms with Crippen LogP contribution in [0.2, 0.25) is 0 Å². The van der Waals surface area contributed by atoms with Gasteiger partial charge >= 0.3 is 0 Å². The lowest BCUT2D eigenvalue weighted by atomic mass is 10.1. The number of carbonyl (C=O) groups excluding carboxylic acids is 1. The average Bonchev–Trinajstić information content (AvgIpc) is 2.88. The van der Waals surface area contributed by atoms with Gasteiger partial charge in [0.25, 0.3) is 0 Å². The van der Waals surface area contributed by atoms with Gasteiger partial charge in [-0.2, -0.15) is 16.4 Å². The molecule has 0 aromatic carbocycles. The lowest BCUT2D eigenvalue weighted by Crippen LogP contribution is -2.03. The summed E-state index contributed by atoms with van der Waals surface area (Å²) < 4.78 is 1.73. The van der Waals surface area contributed by atoms with Crippen LogP contribution in [0.4, 0.5) is 0 Å². The van der Waals surface area contributed by atoms with E-state index in [0.717, 1.165) is 17.7 Å². The maximum absolute atomic E-state index is 11.9. The second-order valence-electron chi connectivity index (χ2n) is 3.82. The van der Waals surface area contributed by atoms with Gasteiger partial charge in [-0.25, -0.2) is 0 Å². The zero-order valence-electron chi connectivity index (χ0n) is 9.43. The van der Waals surface area contributed by atoms with Gasteiger partial charge in [0, 0.05) is 19.2 Å². The fourth-order valence-electron chi connectivity index (χ4n) is 1.60. The van der Waals surface area contributed by atoms with E-state index in [-0.39, 0.29) is 5.78 Å². The molecule has 2 heterocycles. The molecule has 0 spiro atoms. The predicted molar refractivity (Wildman–Crippen MR) is 64.9 cm³/mol. The molecule has 2 rings (SSSR count). The Kier molecular flexibility index (Phi) is 3.19. The summed E-state index contributed by atoms with van der Waals surface area (Å²) in [7, 11) is 1.85. The molecule has 4 heteroatoms. The van der Waals surface area contributed by atoms with Crippen molar-refractivity contribution >= 4 is 17.1 Å². The molecule has 0 amide bonds. The van der Waals surface area contributed by atoms with Crippen LogP contribution in [0.5, 0.6) is 0 Å². The topological polar surface area (TPSA) is 34.9 Å². The van der Waals surface area contributed by atoms with E-state index in [9.17, 15) is 4.79 Å². The number of aromatic nitrogens is 2. The highest BCUT2D eigenvalue weighted by atomic mass is 32.1. The number of nitrogens with zero attached hydrogens (tertiary/aromatic N) is 2. The number of hydrogen-bond donors (Lipinski definition) is 0. The Morgan fingerprint density at radius 2 is 2.38 bits per heavy atom. The second kappa shape index (κ2) is 4.61. The molecule has 84 valence electrons. The van der Waals surface area contributed by atoms with Crippen LogP contribution in [-0.4, -0.2) is 15.6 Å². The lowest BCUT2D eigenvalue weighted by Gasteiger charge is -1.99. The minimum absolute atomic E-state index is 0.178. The summed E-state index contributed by atoms with van der Waals surface area (Å²) in [6.07, 6.45) is 3.03. The molecular weight excluding hydrogens is 220 g/mol. The Morgan fingerprint density at radius 1 is 1.56 bits per heavy atom. The summed E-state index contributed by atoms with van der Waals surface area (Å²) in [6, 6.07) is 2.06. The fraction of sp³-hybridized carbons (Fsp3) is 0.333. The van der Waals surface area contributed by atoms with Crippen molar-refractivity contribution in [3.63, 3.8) is 0 Å². The van der Waals surface area contributed by atoms with Crippen LogP contribution in [0.1, 0.15) is 28.0 Å². The van der Waals surface area contributed by atoms with E-state index in [1.54, 1.807) is 22.2 Å². The molecule has 0 bridgehead atoms. The minimum Gasteiger partial charge on any atom is -0.294 e. The van der Waals surface area contributed by atoms with Crippen LogP contribution >= 0.6 is 11.3 Å². The highest BCUT2D eigenvalue weighted by Crippen LogP contribution is 2.13. The van der Waals surface area contributed by atoms with E-state index in [1.807, 2.05) is 19.4 Å². The van der Waals surface area contributed by atoms with Crippen molar-refractivity contribution in [3.8, 4) is 0 Å². The molecule has 0 aliphatic heterocycles. The minimum atomic E-state index is 0.178.